The molecular weight excluding hydrogens is 387 g/mol. The van der Waals surface area contributed by atoms with Gasteiger partial charge in [-0.2, -0.15) is 0 Å². The molecule has 3 heterocycles. The lowest BCUT2D eigenvalue weighted by atomic mass is 9.76. The number of aromatic nitrogens is 1. The molecule has 1 aromatic carbocycles. The molecule has 5 rings (SSSR count). The van der Waals surface area contributed by atoms with Gasteiger partial charge in [-0.1, -0.05) is 6.08 Å². The molecule has 1 spiro atoms. The van der Waals surface area contributed by atoms with Crippen molar-refractivity contribution in [3.05, 3.63) is 41.9 Å². The molecule has 1 aliphatic carbocycles. The molecule has 2 aromatic rings. The van der Waals surface area contributed by atoms with Gasteiger partial charge in [-0.15, -0.1) is 0 Å². The van der Waals surface area contributed by atoms with Gasteiger partial charge in [0.05, 0.1) is 0 Å². The van der Waals surface area contributed by atoms with Crippen molar-refractivity contribution in [1.29, 1.82) is 0 Å². The lowest BCUT2D eigenvalue weighted by molar-refractivity contribution is -0.138. The maximum Gasteiger partial charge on any atom is 0.322 e. The first-order chi connectivity index (χ1) is 14.4. The van der Waals surface area contributed by atoms with E-state index in [1.54, 1.807) is 6.07 Å². The highest BCUT2D eigenvalue weighted by atomic mass is 19.1. The van der Waals surface area contributed by atoms with E-state index in [4.69, 9.17) is 0 Å². The Morgan fingerprint density at radius 2 is 2.00 bits per heavy atom. The average molecular weight is 410 g/mol. The molecule has 2 fully saturated rings. The SMILES string of the molecule is O=C1NC(=O)C2(CCC(C(=O)N3CC=C(c4c[nH]c5cc(F)ccc45)CC3)CC2)N1. The number of carbonyl (C=O) groups is 3. The van der Waals surface area contributed by atoms with Gasteiger partial charge in [-0.25, -0.2) is 9.18 Å². The number of nitrogens with one attached hydrogen (secondary N) is 3. The zero-order chi connectivity index (χ0) is 20.9. The van der Waals surface area contributed by atoms with Gasteiger partial charge in [-0.3, -0.25) is 14.9 Å². The van der Waals surface area contributed by atoms with Crippen LogP contribution in [0.3, 0.4) is 0 Å². The van der Waals surface area contributed by atoms with Crippen LogP contribution in [0.4, 0.5) is 9.18 Å². The Hall–Kier alpha value is -3.16. The van der Waals surface area contributed by atoms with E-state index in [0.717, 1.165) is 28.5 Å². The van der Waals surface area contributed by atoms with Crippen LogP contribution < -0.4 is 10.6 Å². The first-order valence-corrected chi connectivity index (χ1v) is 10.3. The van der Waals surface area contributed by atoms with E-state index in [2.05, 4.69) is 21.7 Å². The smallest absolute Gasteiger partial charge is 0.322 e. The summed E-state index contributed by atoms with van der Waals surface area (Å²) in [6.07, 6.45) is 6.87. The minimum atomic E-state index is -0.836. The predicted molar refractivity (Wildman–Crippen MR) is 109 cm³/mol. The first-order valence-electron chi connectivity index (χ1n) is 10.3. The Labute approximate surface area is 172 Å². The molecule has 2 aliphatic heterocycles. The molecule has 4 amide bonds. The molecule has 156 valence electrons. The van der Waals surface area contributed by atoms with E-state index in [0.29, 0.717) is 38.8 Å². The van der Waals surface area contributed by atoms with Gasteiger partial charge in [0.15, 0.2) is 0 Å². The van der Waals surface area contributed by atoms with Crippen LogP contribution in [0.1, 0.15) is 37.7 Å². The maximum absolute atomic E-state index is 13.4. The number of rotatable bonds is 2. The standard InChI is InChI=1S/C22H23FN4O3/c23-15-1-2-16-17(12-24-18(16)11-15)13-5-9-27(10-6-13)19(28)14-3-7-22(8-4-14)20(29)25-21(30)26-22/h1-2,5,11-12,14,24H,3-4,6-10H2,(H2,25,26,29,30). The number of imide groups is 1. The van der Waals surface area contributed by atoms with Gasteiger partial charge < -0.3 is 15.2 Å². The van der Waals surface area contributed by atoms with Crippen molar-refractivity contribution < 1.29 is 18.8 Å². The quantitative estimate of drug-likeness (QED) is 0.665. The van der Waals surface area contributed by atoms with Crippen molar-refractivity contribution in [2.75, 3.05) is 13.1 Å². The Morgan fingerprint density at radius 1 is 1.20 bits per heavy atom. The Bertz CT molecular complexity index is 1080. The number of urea groups is 1. The molecular formula is C22H23FN4O3. The second kappa shape index (κ2) is 6.97. The van der Waals surface area contributed by atoms with Crippen LogP contribution in [-0.2, 0) is 9.59 Å². The zero-order valence-electron chi connectivity index (χ0n) is 16.5. The molecule has 0 bridgehead atoms. The molecule has 1 saturated carbocycles. The van der Waals surface area contributed by atoms with Gasteiger partial charge in [0, 0.05) is 41.7 Å². The third kappa shape index (κ3) is 3.07. The van der Waals surface area contributed by atoms with E-state index >= 15 is 0 Å². The third-order valence-corrected chi connectivity index (χ3v) is 6.71. The summed E-state index contributed by atoms with van der Waals surface area (Å²) in [5, 5.41) is 6.02. The summed E-state index contributed by atoms with van der Waals surface area (Å²) in [7, 11) is 0. The van der Waals surface area contributed by atoms with Gasteiger partial charge in [0.25, 0.3) is 5.91 Å². The highest BCUT2D eigenvalue weighted by molar-refractivity contribution is 6.07. The summed E-state index contributed by atoms with van der Waals surface area (Å²) in [5.74, 6) is -0.547. The summed E-state index contributed by atoms with van der Waals surface area (Å²) in [6.45, 7) is 1.18. The molecule has 1 saturated heterocycles. The molecule has 0 unspecified atom stereocenters. The zero-order valence-corrected chi connectivity index (χ0v) is 16.5. The fraction of sp³-hybridized carbons (Fsp3) is 0.409. The molecule has 0 radical (unpaired) electrons. The van der Waals surface area contributed by atoms with Crippen LogP contribution in [0, 0.1) is 11.7 Å². The highest BCUT2D eigenvalue weighted by Gasteiger charge is 2.49. The average Bonchev–Trinajstić information content (AvgIpc) is 3.28. The fourth-order valence-corrected chi connectivity index (χ4v) is 4.97. The molecule has 0 atom stereocenters. The number of aromatic amines is 1. The van der Waals surface area contributed by atoms with Crippen LogP contribution in [0.15, 0.2) is 30.5 Å². The van der Waals surface area contributed by atoms with Crippen molar-refractivity contribution in [3.8, 4) is 0 Å². The van der Waals surface area contributed by atoms with E-state index in [-0.39, 0.29) is 23.5 Å². The lowest BCUT2D eigenvalue weighted by Crippen LogP contribution is -2.51. The summed E-state index contributed by atoms with van der Waals surface area (Å²) >= 11 is 0. The van der Waals surface area contributed by atoms with Crippen molar-refractivity contribution in [2.24, 2.45) is 5.92 Å². The van der Waals surface area contributed by atoms with E-state index < -0.39 is 11.6 Å². The molecule has 8 heteroatoms. The second-order valence-corrected chi connectivity index (χ2v) is 8.42. The van der Waals surface area contributed by atoms with Gasteiger partial charge in [-0.05, 0) is 55.9 Å². The van der Waals surface area contributed by atoms with Crippen LogP contribution in [0.2, 0.25) is 0 Å². The topological polar surface area (TPSA) is 94.3 Å². The van der Waals surface area contributed by atoms with E-state index in [9.17, 15) is 18.8 Å². The maximum atomic E-state index is 13.4. The largest absolute Gasteiger partial charge is 0.360 e. The van der Waals surface area contributed by atoms with Crippen molar-refractivity contribution >= 4 is 34.3 Å². The summed E-state index contributed by atoms with van der Waals surface area (Å²) in [4.78, 5) is 41.5. The monoisotopic (exact) mass is 410 g/mol. The summed E-state index contributed by atoms with van der Waals surface area (Å²) < 4.78 is 13.4. The van der Waals surface area contributed by atoms with Crippen LogP contribution >= 0.6 is 0 Å². The number of amides is 4. The predicted octanol–water partition coefficient (Wildman–Crippen LogP) is 2.69. The van der Waals surface area contributed by atoms with Crippen LogP contribution in [0.25, 0.3) is 16.5 Å². The number of carbonyl (C=O) groups excluding carboxylic acids is 3. The minimum Gasteiger partial charge on any atom is -0.360 e. The number of halogens is 1. The molecule has 3 aliphatic rings. The van der Waals surface area contributed by atoms with Gasteiger partial charge in [0.1, 0.15) is 11.4 Å². The van der Waals surface area contributed by atoms with Gasteiger partial charge in [0.2, 0.25) is 5.91 Å². The lowest BCUT2D eigenvalue weighted by Gasteiger charge is -2.36. The van der Waals surface area contributed by atoms with Crippen molar-refractivity contribution in [1.82, 2.24) is 20.5 Å². The number of H-pyrrole nitrogens is 1. The van der Waals surface area contributed by atoms with Gasteiger partial charge >= 0.3 is 6.03 Å². The number of fused-ring (bicyclic) bond motifs is 1. The molecule has 1 aromatic heterocycles. The molecule has 3 N–H and O–H groups in total. The third-order valence-electron chi connectivity index (χ3n) is 6.71. The fourth-order valence-electron chi connectivity index (χ4n) is 4.97. The number of benzene rings is 1. The minimum absolute atomic E-state index is 0.117. The van der Waals surface area contributed by atoms with Crippen molar-refractivity contribution in [3.63, 3.8) is 0 Å². The number of hydrogen-bond donors (Lipinski definition) is 3. The Balaban J connectivity index is 1.24. The van der Waals surface area contributed by atoms with E-state index in [1.807, 2.05) is 11.1 Å². The summed E-state index contributed by atoms with van der Waals surface area (Å²) in [5.41, 5.74) is 2.14. The number of hydrogen-bond acceptors (Lipinski definition) is 3. The van der Waals surface area contributed by atoms with Crippen LogP contribution in [-0.4, -0.2) is 46.4 Å². The molecule has 30 heavy (non-hydrogen) atoms. The Morgan fingerprint density at radius 3 is 2.67 bits per heavy atom. The summed E-state index contributed by atoms with van der Waals surface area (Å²) in [6, 6.07) is 4.28. The number of nitrogens with zero attached hydrogens (tertiary/aromatic N) is 1. The second-order valence-electron chi connectivity index (χ2n) is 8.42. The Kier molecular flexibility index (Phi) is 4.38. The van der Waals surface area contributed by atoms with E-state index in [1.165, 1.54) is 12.1 Å². The van der Waals surface area contributed by atoms with Crippen molar-refractivity contribution in [2.45, 2.75) is 37.6 Å². The normalized spacial score (nSPS) is 26.6. The molecule has 7 nitrogen and oxygen atoms in total. The van der Waals surface area contributed by atoms with Crippen LogP contribution in [0.5, 0.6) is 0 Å². The highest BCUT2D eigenvalue weighted by Crippen LogP contribution is 2.36. The first kappa shape index (κ1) is 18.8.